The van der Waals surface area contributed by atoms with Crippen LogP contribution in [0.15, 0.2) is 48.5 Å². The normalized spacial score (nSPS) is 15.0. The van der Waals surface area contributed by atoms with Crippen molar-refractivity contribution in [1.29, 1.82) is 0 Å². The lowest BCUT2D eigenvalue weighted by molar-refractivity contribution is 0.0505. The lowest BCUT2D eigenvalue weighted by Gasteiger charge is -2.34. The average molecular weight is 341 g/mol. The Morgan fingerprint density at radius 2 is 1.44 bits per heavy atom. The number of halogens is 1. The summed E-state index contributed by atoms with van der Waals surface area (Å²) < 4.78 is 12.9. The summed E-state index contributed by atoms with van der Waals surface area (Å²) in [5.74, 6) is -0.650. The lowest BCUT2D eigenvalue weighted by Crippen LogP contribution is -2.54. The fraction of sp³-hybridized carbons (Fsp3) is 0.263. The first-order valence-corrected chi connectivity index (χ1v) is 8.20. The van der Waals surface area contributed by atoms with Crippen molar-refractivity contribution in [3.63, 3.8) is 0 Å². The van der Waals surface area contributed by atoms with Gasteiger partial charge < -0.3 is 4.90 Å². The molecule has 1 N–H and O–H groups in total. The fourth-order valence-corrected chi connectivity index (χ4v) is 2.71. The number of carbonyl (C=O) groups is 2. The molecule has 3 rings (SSSR count). The molecule has 0 aliphatic carbocycles. The Morgan fingerprint density at radius 3 is 2.04 bits per heavy atom. The van der Waals surface area contributed by atoms with Crippen LogP contribution in [0.3, 0.4) is 0 Å². The van der Waals surface area contributed by atoms with Gasteiger partial charge in [0, 0.05) is 37.3 Å². The van der Waals surface area contributed by atoms with Gasteiger partial charge in [-0.1, -0.05) is 17.7 Å². The van der Waals surface area contributed by atoms with Crippen molar-refractivity contribution in [3.05, 3.63) is 71.0 Å². The minimum atomic E-state index is -0.375. The van der Waals surface area contributed by atoms with Gasteiger partial charge in [0.1, 0.15) is 5.82 Å². The number of hydrogen-bond acceptors (Lipinski definition) is 3. The molecule has 6 heteroatoms. The van der Waals surface area contributed by atoms with Gasteiger partial charge in [-0.25, -0.2) is 9.40 Å². The third-order valence-corrected chi connectivity index (χ3v) is 4.23. The van der Waals surface area contributed by atoms with E-state index in [1.54, 1.807) is 9.91 Å². The van der Waals surface area contributed by atoms with Crippen LogP contribution in [-0.4, -0.2) is 47.9 Å². The zero-order chi connectivity index (χ0) is 17.8. The lowest BCUT2D eigenvalue weighted by atomic mass is 10.1. The summed E-state index contributed by atoms with van der Waals surface area (Å²) in [7, 11) is 0. The third kappa shape index (κ3) is 4.22. The van der Waals surface area contributed by atoms with E-state index in [-0.39, 0.29) is 17.6 Å². The second kappa shape index (κ2) is 7.44. The van der Waals surface area contributed by atoms with Gasteiger partial charge in [0.25, 0.3) is 11.8 Å². The largest absolute Gasteiger partial charge is 0.336 e. The van der Waals surface area contributed by atoms with E-state index in [2.05, 4.69) is 5.43 Å². The molecule has 0 spiro atoms. The van der Waals surface area contributed by atoms with E-state index >= 15 is 0 Å². The van der Waals surface area contributed by atoms with Gasteiger partial charge in [0.15, 0.2) is 0 Å². The molecule has 1 heterocycles. The molecule has 0 unspecified atom stereocenters. The Hall–Kier alpha value is -2.73. The molecule has 1 saturated heterocycles. The van der Waals surface area contributed by atoms with Gasteiger partial charge in [-0.2, -0.15) is 0 Å². The van der Waals surface area contributed by atoms with E-state index in [1.165, 1.54) is 24.3 Å². The monoisotopic (exact) mass is 341 g/mol. The van der Waals surface area contributed by atoms with E-state index in [1.807, 2.05) is 31.2 Å². The van der Waals surface area contributed by atoms with Crippen molar-refractivity contribution in [1.82, 2.24) is 15.3 Å². The quantitative estimate of drug-likeness (QED) is 0.931. The molecule has 1 fully saturated rings. The topological polar surface area (TPSA) is 52.7 Å². The van der Waals surface area contributed by atoms with Gasteiger partial charge in [0.05, 0.1) is 0 Å². The van der Waals surface area contributed by atoms with Crippen LogP contribution < -0.4 is 5.43 Å². The molecule has 0 atom stereocenters. The zero-order valence-corrected chi connectivity index (χ0v) is 14.0. The van der Waals surface area contributed by atoms with Crippen molar-refractivity contribution in [3.8, 4) is 0 Å². The maximum Gasteiger partial charge on any atom is 0.265 e. The minimum absolute atomic E-state index is 0.00418. The Labute approximate surface area is 146 Å². The highest BCUT2D eigenvalue weighted by Crippen LogP contribution is 2.10. The van der Waals surface area contributed by atoms with Crippen LogP contribution in [0.5, 0.6) is 0 Å². The van der Waals surface area contributed by atoms with Crippen molar-refractivity contribution >= 4 is 11.8 Å². The standard InChI is InChI=1S/C19H20FN3O2/c1-14-2-4-16(5-3-14)19(25)22-10-12-23(13-11-22)21-18(24)15-6-8-17(20)9-7-15/h2-9H,10-13H2,1H3,(H,21,24). The number of piperazine rings is 1. The molecule has 2 amide bonds. The highest BCUT2D eigenvalue weighted by molar-refractivity contribution is 5.94. The van der Waals surface area contributed by atoms with E-state index in [0.717, 1.165) is 5.56 Å². The van der Waals surface area contributed by atoms with E-state index in [4.69, 9.17) is 0 Å². The number of nitrogens with zero attached hydrogens (tertiary/aromatic N) is 2. The highest BCUT2D eigenvalue weighted by atomic mass is 19.1. The maximum absolute atomic E-state index is 12.9. The average Bonchev–Trinajstić information content (AvgIpc) is 2.63. The van der Waals surface area contributed by atoms with Crippen molar-refractivity contribution in [2.45, 2.75) is 6.92 Å². The summed E-state index contributed by atoms with van der Waals surface area (Å²) in [5, 5.41) is 1.78. The molecule has 2 aromatic rings. The number of nitrogens with one attached hydrogen (secondary N) is 1. The third-order valence-electron chi connectivity index (χ3n) is 4.23. The number of hydrogen-bond donors (Lipinski definition) is 1. The maximum atomic E-state index is 12.9. The van der Waals surface area contributed by atoms with E-state index < -0.39 is 0 Å². The predicted molar refractivity (Wildman–Crippen MR) is 92.5 cm³/mol. The summed E-state index contributed by atoms with van der Waals surface area (Å²) in [5.41, 5.74) is 4.99. The predicted octanol–water partition coefficient (Wildman–Crippen LogP) is 2.24. The van der Waals surface area contributed by atoms with Crippen LogP contribution in [0.25, 0.3) is 0 Å². The van der Waals surface area contributed by atoms with Crippen molar-refractivity contribution < 1.29 is 14.0 Å². The van der Waals surface area contributed by atoms with Crippen LogP contribution in [0.4, 0.5) is 4.39 Å². The molecule has 130 valence electrons. The molecule has 1 aliphatic rings. The van der Waals surface area contributed by atoms with Gasteiger partial charge in [0.2, 0.25) is 0 Å². The summed E-state index contributed by atoms with van der Waals surface area (Å²) in [6, 6.07) is 12.9. The Balaban J connectivity index is 1.53. The fourth-order valence-electron chi connectivity index (χ4n) is 2.71. The molecule has 25 heavy (non-hydrogen) atoms. The number of amides is 2. The second-order valence-corrected chi connectivity index (χ2v) is 6.09. The van der Waals surface area contributed by atoms with E-state index in [0.29, 0.717) is 37.3 Å². The van der Waals surface area contributed by atoms with Gasteiger partial charge in [-0.15, -0.1) is 0 Å². The first kappa shape index (κ1) is 17.1. The number of aryl methyl sites for hydroxylation is 1. The Bertz CT molecular complexity index is 751. The molecule has 0 bridgehead atoms. The van der Waals surface area contributed by atoms with Crippen LogP contribution in [0, 0.1) is 12.7 Å². The minimum Gasteiger partial charge on any atom is -0.336 e. The molecule has 2 aromatic carbocycles. The SMILES string of the molecule is Cc1ccc(C(=O)N2CCN(NC(=O)c3ccc(F)cc3)CC2)cc1. The molecular formula is C19H20FN3O2. The molecule has 5 nitrogen and oxygen atoms in total. The molecule has 1 aliphatic heterocycles. The number of hydrazine groups is 1. The zero-order valence-electron chi connectivity index (χ0n) is 14.0. The first-order chi connectivity index (χ1) is 12.0. The van der Waals surface area contributed by atoms with Crippen LogP contribution in [0.1, 0.15) is 26.3 Å². The summed E-state index contributed by atoms with van der Waals surface area (Å²) >= 11 is 0. The smallest absolute Gasteiger partial charge is 0.265 e. The van der Waals surface area contributed by atoms with E-state index in [9.17, 15) is 14.0 Å². The number of benzene rings is 2. The number of carbonyl (C=O) groups excluding carboxylic acids is 2. The van der Waals surface area contributed by atoms with Gasteiger partial charge in [-0.05, 0) is 43.3 Å². The second-order valence-electron chi connectivity index (χ2n) is 6.09. The molecule has 0 aromatic heterocycles. The van der Waals surface area contributed by atoms with Crippen molar-refractivity contribution in [2.75, 3.05) is 26.2 Å². The summed E-state index contributed by atoms with van der Waals surface area (Å²) in [4.78, 5) is 26.4. The molecule has 0 saturated carbocycles. The Kier molecular flexibility index (Phi) is 5.09. The summed E-state index contributed by atoms with van der Waals surface area (Å²) in [6.07, 6.45) is 0. The molecule has 0 radical (unpaired) electrons. The van der Waals surface area contributed by atoms with Crippen LogP contribution in [-0.2, 0) is 0 Å². The molecular weight excluding hydrogens is 321 g/mol. The summed E-state index contributed by atoms with van der Waals surface area (Å²) in [6.45, 7) is 4.15. The Morgan fingerprint density at radius 1 is 0.880 bits per heavy atom. The van der Waals surface area contributed by atoms with Gasteiger partial charge in [-0.3, -0.25) is 15.0 Å². The number of rotatable bonds is 3. The van der Waals surface area contributed by atoms with Crippen LogP contribution >= 0.6 is 0 Å². The highest BCUT2D eigenvalue weighted by Gasteiger charge is 2.23. The van der Waals surface area contributed by atoms with Crippen LogP contribution in [0.2, 0.25) is 0 Å². The first-order valence-electron chi connectivity index (χ1n) is 8.20. The van der Waals surface area contributed by atoms with Gasteiger partial charge >= 0.3 is 0 Å². The van der Waals surface area contributed by atoms with Crippen molar-refractivity contribution in [2.24, 2.45) is 0 Å².